The van der Waals surface area contributed by atoms with Gasteiger partial charge in [0.2, 0.25) is 0 Å². The lowest BCUT2D eigenvalue weighted by Crippen LogP contribution is -1.99. The van der Waals surface area contributed by atoms with E-state index in [0.717, 1.165) is 34.3 Å². The number of hydrogen-bond acceptors (Lipinski definition) is 2. The Bertz CT molecular complexity index is 882. The SMILES string of the molecule is O=C(O)Cc1cn(-c2ccc3c(c2)CCS3)c2ccccc12. The minimum Gasteiger partial charge on any atom is -0.481 e. The van der Waals surface area contributed by atoms with E-state index in [1.165, 1.54) is 10.5 Å². The van der Waals surface area contributed by atoms with Crippen molar-refractivity contribution in [2.75, 3.05) is 5.75 Å². The van der Waals surface area contributed by atoms with Gasteiger partial charge in [0, 0.05) is 27.9 Å². The molecule has 4 rings (SSSR count). The Morgan fingerprint density at radius 2 is 2.09 bits per heavy atom. The Balaban J connectivity index is 1.89. The summed E-state index contributed by atoms with van der Waals surface area (Å²) in [6.07, 6.45) is 3.12. The molecule has 0 bridgehead atoms. The number of thioether (sulfide) groups is 1. The summed E-state index contributed by atoms with van der Waals surface area (Å²) in [5.41, 5.74) is 4.41. The van der Waals surface area contributed by atoms with E-state index >= 15 is 0 Å². The second kappa shape index (κ2) is 5.21. The van der Waals surface area contributed by atoms with E-state index in [0.29, 0.717) is 0 Å². The number of carboxylic acids is 1. The Kier molecular flexibility index (Phi) is 3.19. The van der Waals surface area contributed by atoms with Crippen LogP contribution in [0.1, 0.15) is 11.1 Å². The van der Waals surface area contributed by atoms with Crippen molar-refractivity contribution < 1.29 is 9.90 Å². The zero-order valence-electron chi connectivity index (χ0n) is 12.0. The van der Waals surface area contributed by atoms with Crippen molar-refractivity contribution >= 4 is 28.6 Å². The Morgan fingerprint density at radius 1 is 1.23 bits per heavy atom. The highest BCUT2D eigenvalue weighted by atomic mass is 32.2. The number of nitrogens with zero attached hydrogens (tertiary/aromatic N) is 1. The largest absolute Gasteiger partial charge is 0.481 e. The van der Waals surface area contributed by atoms with Crippen LogP contribution in [0.5, 0.6) is 0 Å². The van der Waals surface area contributed by atoms with Gasteiger partial charge >= 0.3 is 5.97 Å². The first-order valence-corrected chi connectivity index (χ1v) is 8.28. The van der Waals surface area contributed by atoms with Gasteiger partial charge in [0.1, 0.15) is 0 Å². The third kappa shape index (κ3) is 2.20. The van der Waals surface area contributed by atoms with Crippen LogP contribution in [-0.4, -0.2) is 21.4 Å². The van der Waals surface area contributed by atoms with Gasteiger partial charge in [-0.2, -0.15) is 0 Å². The predicted molar refractivity (Wildman–Crippen MR) is 89.0 cm³/mol. The van der Waals surface area contributed by atoms with Crippen molar-refractivity contribution in [1.29, 1.82) is 0 Å². The van der Waals surface area contributed by atoms with E-state index < -0.39 is 5.97 Å². The first kappa shape index (κ1) is 13.5. The molecule has 0 amide bonds. The molecular weight excluding hydrogens is 294 g/mol. The molecule has 2 heterocycles. The molecule has 1 aliphatic heterocycles. The van der Waals surface area contributed by atoms with Gasteiger partial charge in [0.25, 0.3) is 0 Å². The van der Waals surface area contributed by atoms with Gasteiger partial charge in [-0.3, -0.25) is 4.79 Å². The number of aryl methyl sites for hydroxylation is 1. The Labute approximate surface area is 132 Å². The highest BCUT2D eigenvalue weighted by molar-refractivity contribution is 7.99. The van der Waals surface area contributed by atoms with Gasteiger partial charge in [-0.25, -0.2) is 0 Å². The number of benzene rings is 2. The van der Waals surface area contributed by atoms with Gasteiger partial charge < -0.3 is 9.67 Å². The van der Waals surface area contributed by atoms with Crippen LogP contribution >= 0.6 is 11.8 Å². The van der Waals surface area contributed by atoms with Crippen molar-refractivity contribution in [3.05, 3.63) is 59.8 Å². The first-order valence-electron chi connectivity index (χ1n) is 7.29. The summed E-state index contributed by atoms with van der Waals surface area (Å²) in [6, 6.07) is 14.5. The van der Waals surface area contributed by atoms with Crippen LogP contribution in [-0.2, 0) is 17.6 Å². The molecule has 0 atom stereocenters. The number of carboxylic acid groups (broad SMARTS) is 1. The average molecular weight is 309 g/mol. The minimum absolute atomic E-state index is 0.0499. The van der Waals surface area contributed by atoms with Gasteiger partial charge in [-0.15, -0.1) is 11.8 Å². The van der Waals surface area contributed by atoms with Gasteiger partial charge in [0.05, 0.1) is 11.9 Å². The standard InChI is InChI=1S/C18H15NO2S/c20-18(21)10-13-11-19(16-4-2-1-3-15(13)16)14-5-6-17-12(9-14)7-8-22-17/h1-6,9,11H,7-8,10H2,(H,20,21). The second-order valence-corrected chi connectivity index (χ2v) is 6.64. The number of carbonyl (C=O) groups is 1. The molecule has 3 aromatic rings. The molecular formula is C18H15NO2S. The Hall–Kier alpha value is -2.20. The molecule has 110 valence electrons. The highest BCUT2D eigenvalue weighted by Crippen LogP contribution is 2.34. The van der Waals surface area contributed by atoms with E-state index in [2.05, 4.69) is 22.8 Å². The molecule has 0 saturated heterocycles. The van der Waals surface area contributed by atoms with Crippen LogP contribution < -0.4 is 0 Å². The molecule has 3 nitrogen and oxygen atoms in total. The second-order valence-electron chi connectivity index (χ2n) is 5.50. The van der Waals surface area contributed by atoms with Gasteiger partial charge in [-0.05, 0) is 41.8 Å². The molecule has 1 aromatic heterocycles. The van der Waals surface area contributed by atoms with Crippen LogP contribution in [0.3, 0.4) is 0 Å². The van der Waals surface area contributed by atoms with Crippen molar-refractivity contribution in [1.82, 2.24) is 4.57 Å². The number of para-hydroxylation sites is 1. The summed E-state index contributed by atoms with van der Waals surface area (Å²) < 4.78 is 2.11. The van der Waals surface area contributed by atoms with E-state index in [1.54, 1.807) is 0 Å². The molecule has 0 saturated carbocycles. The van der Waals surface area contributed by atoms with Gasteiger partial charge in [-0.1, -0.05) is 18.2 Å². The Morgan fingerprint density at radius 3 is 2.95 bits per heavy atom. The lowest BCUT2D eigenvalue weighted by Gasteiger charge is -2.07. The fourth-order valence-electron chi connectivity index (χ4n) is 3.09. The quantitative estimate of drug-likeness (QED) is 0.797. The molecule has 1 N–H and O–H groups in total. The third-order valence-electron chi connectivity index (χ3n) is 4.09. The molecule has 0 radical (unpaired) electrons. The lowest BCUT2D eigenvalue weighted by atomic mass is 10.1. The number of aromatic nitrogens is 1. The van der Waals surface area contributed by atoms with Crippen LogP contribution in [0.15, 0.2) is 53.6 Å². The minimum atomic E-state index is -0.798. The maximum Gasteiger partial charge on any atom is 0.307 e. The van der Waals surface area contributed by atoms with Crippen LogP contribution in [0, 0.1) is 0 Å². The summed E-state index contributed by atoms with van der Waals surface area (Å²) in [5, 5.41) is 10.1. The molecule has 2 aromatic carbocycles. The van der Waals surface area contributed by atoms with Crippen LogP contribution in [0.2, 0.25) is 0 Å². The molecule has 4 heteroatoms. The van der Waals surface area contributed by atoms with Crippen LogP contribution in [0.4, 0.5) is 0 Å². The summed E-state index contributed by atoms with van der Waals surface area (Å²) in [6.45, 7) is 0. The molecule has 1 aliphatic rings. The number of aliphatic carboxylic acids is 1. The van der Waals surface area contributed by atoms with Crippen molar-refractivity contribution in [3.8, 4) is 5.69 Å². The predicted octanol–water partition coefficient (Wildman–Crippen LogP) is 3.91. The maximum atomic E-state index is 11.1. The number of fused-ring (bicyclic) bond motifs is 2. The van der Waals surface area contributed by atoms with Crippen molar-refractivity contribution in [2.45, 2.75) is 17.7 Å². The third-order valence-corrected chi connectivity index (χ3v) is 5.20. The maximum absolute atomic E-state index is 11.1. The molecule has 0 spiro atoms. The van der Waals surface area contributed by atoms with E-state index in [1.807, 2.05) is 42.2 Å². The smallest absolute Gasteiger partial charge is 0.307 e. The summed E-state index contributed by atoms with van der Waals surface area (Å²) in [4.78, 5) is 12.5. The molecule has 0 aliphatic carbocycles. The molecule has 22 heavy (non-hydrogen) atoms. The lowest BCUT2D eigenvalue weighted by molar-refractivity contribution is -0.136. The molecule has 0 unspecified atom stereocenters. The fourth-order valence-corrected chi connectivity index (χ4v) is 4.14. The van der Waals surface area contributed by atoms with Crippen molar-refractivity contribution in [2.24, 2.45) is 0 Å². The normalized spacial score (nSPS) is 13.5. The molecule has 0 fully saturated rings. The van der Waals surface area contributed by atoms with Gasteiger partial charge in [0.15, 0.2) is 0 Å². The van der Waals surface area contributed by atoms with Crippen molar-refractivity contribution in [3.63, 3.8) is 0 Å². The zero-order valence-corrected chi connectivity index (χ0v) is 12.8. The highest BCUT2D eigenvalue weighted by Gasteiger charge is 2.15. The average Bonchev–Trinajstić information content (AvgIpc) is 3.11. The first-order chi connectivity index (χ1) is 10.7. The summed E-state index contributed by atoms with van der Waals surface area (Å²) >= 11 is 1.90. The monoisotopic (exact) mass is 309 g/mol. The number of hydrogen-bond donors (Lipinski definition) is 1. The van der Waals surface area contributed by atoms with E-state index in [9.17, 15) is 4.79 Å². The topological polar surface area (TPSA) is 42.2 Å². The summed E-state index contributed by atoms with van der Waals surface area (Å²) in [5.74, 6) is 0.350. The fraction of sp³-hybridized carbons (Fsp3) is 0.167. The van der Waals surface area contributed by atoms with Crippen LogP contribution in [0.25, 0.3) is 16.6 Å². The zero-order chi connectivity index (χ0) is 15.1. The number of rotatable bonds is 3. The van der Waals surface area contributed by atoms with E-state index in [4.69, 9.17) is 5.11 Å². The summed E-state index contributed by atoms with van der Waals surface area (Å²) in [7, 11) is 0. The van der Waals surface area contributed by atoms with E-state index in [-0.39, 0.29) is 6.42 Å².